The molecule has 0 aliphatic heterocycles. The average molecular weight is 473 g/mol. The predicted octanol–water partition coefficient (Wildman–Crippen LogP) is 5.82. The van der Waals surface area contributed by atoms with Gasteiger partial charge in [0.25, 0.3) is 0 Å². The van der Waals surface area contributed by atoms with Crippen LogP contribution in [0, 0.1) is 6.92 Å². The summed E-state index contributed by atoms with van der Waals surface area (Å²) in [5.41, 5.74) is 2.14. The van der Waals surface area contributed by atoms with Crippen molar-refractivity contribution in [3.05, 3.63) is 89.7 Å². The van der Waals surface area contributed by atoms with Crippen LogP contribution >= 0.6 is 11.6 Å². The molecule has 2 N–H and O–H groups in total. The maximum atomic E-state index is 13.4. The number of hydrogen-bond acceptors (Lipinski definition) is 5. The van der Waals surface area contributed by atoms with E-state index in [-0.39, 0.29) is 5.91 Å². The van der Waals surface area contributed by atoms with Crippen LogP contribution in [0.5, 0.6) is 0 Å². The van der Waals surface area contributed by atoms with Crippen molar-refractivity contribution in [1.29, 1.82) is 0 Å². The number of amides is 1. The van der Waals surface area contributed by atoms with Gasteiger partial charge in [0.2, 0.25) is 5.91 Å². The van der Waals surface area contributed by atoms with Gasteiger partial charge in [-0.1, -0.05) is 36.6 Å². The number of benzene rings is 2. The molecule has 7 nitrogen and oxygen atoms in total. The largest absolute Gasteiger partial charge is 0.340 e. The lowest BCUT2D eigenvalue weighted by Crippen LogP contribution is -2.37. The summed E-state index contributed by atoms with van der Waals surface area (Å²) in [6.45, 7) is 1.85. The molecule has 34 heavy (non-hydrogen) atoms. The van der Waals surface area contributed by atoms with Gasteiger partial charge in [-0.05, 0) is 61.7 Å². The molecule has 0 spiro atoms. The number of carbonyl (C=O) groups excluding carboxylic acids is 1. The number of aromatic nitrogens is 4. The monoisotopic (exact) mass is 472 g/mol. The number of nitrogens with one attached hydrogen (secondary N) is 2. The topological polar surface area (TPSA) is 84.7 Å². The molecule has 2 heterocycles. The minimum Gasteiger partial charge on any atom is -0.340 e. The van der Waals surface area contributed by atoms with E-state index in [2.05, 4.69) is 25.6 Å². The highest BCUT2D eigenvalue weighted by Gasteiger charge is 2.42. The van der Waals surface area contributed by atoms with E-state index in [1.54, 1.807) is 12.5 Å². The van der Waals surface area contributed by atoms with Gasteiger partial charge in [-0.15, -0.1) is 0 Å². The molecule has 172 valence electrons. The molecule has 1 aliphatic rings. The maximum Gasteiger partial charge on any atom is 0.235 e. The molecule has 0 unspecified atom stereocenters. The van der Waals surface area contributed by atoms with E-state index in [0.717, 1.165) is 48.4 Å². The van der Waals surface area contributed by atoms with Crippen LogP contribution in [0.2, 0.25) is 5.02 Å². The quantitative estimate of drug-likeness (QED) is 0.369. The lowest BCUT2D eigenvalue weighted by molar-refractivity contribution is -0.121. The van der Waals surface area contributed by atoms with Crippen molar-refractivity contribution in [2.45, 2.75) is 38.0 Å². The van der Waals surface area contributed by atoms with Gasteiger partial charge in [0.1, 0.15) is 23.8 Å². The zero-order valence-corrected chi connectivity index (χ0v) is 19.6. The number of carbonyl (C=O) groups is 1. The molecule has 1 aliphatic carbocycles. The molecule has 2 aromatic carbocycles. The van der Waals surface area contributed by atoms with Crippen LogP contribution in [0.3, 0.4) is 0 Å². The fraction of sp³-hybridized carbons (Fsp3) is 0.231. The first-order chi connectivity index (χ1) is 16.5. The van der Waals surface area contributed by atoms with Crippen molar-refractivity contribution in [1.82, 2.24) is 19.5 Å². The summed E-state index contributed by atoms with van der Waals surface area (Å²) >= 11 is 6.07. The van der Waals surface area contributed by atoms with Crippen LogP contribution in [0.25, 0.3) is 5.82 Å². The van der Waals surface area contributed by atoms with Crippen LogP contribution < -0.4 is 10.6 Å². The van der Waals surface area contributed by atoms with Crippen LogP contribution in [-0.4, -0.2) is 25.4 Å². The van der Waals surface area contributed by atoms with Gasteiger partial charge in [-0.3, -0.25) is 9.36 Å². The second-order valence-corrected chi connectivity index (χ2v) is 9.02. The minimum atomic E-state index is -0.510. The molecule has 8 heteroatoms. The molecular formula is C26H25ClN6O. The van der Waals surface area contributed by atoms with Crippen molar-refractivity contribution in [3.63, 3.8) is 0 Å². The maximum absolute atomic E-state index is 13.4. The second kappa shape index (κ2) is 9.27. The molecule has 5 rings (SSSR count). The Hall–Kier alpha value is -3.71. The van der Waals surface area contributed by atoms with Crippen LogP contribution in [0.4, 0.5) is 17.2 Å². The molecule has 4 aromatic rings. The molecule has 0 radical (unpaired) electrons. The summed E-state index contributed by atoms with van der Waals surface area (Å²) in [6.07, 6.45) is 9.00. The Labute approximate surface area is 203 Å². The zero-order valence-electron chi connectivity index (χ0n) is 18.8. The third-order valence-electron chi connectivity index (χ3n) is 6.30. The molecule has 1 fully saturated rings. The standard InChI is InChI=1S/C26H25ClN6O/c1-18-29-23(16-24(30-18)33-15-14-28-17-33)31-21-8-10-22(11-9-21)32-25(34)26(12-2-3-13-26)19-4-6-20(27)7-5-19/h4-11,14-17H,2-3,12-13H2,1H3,(H,32,34)(H,29,30,31). The Balaban J connectivity index is 1.31. The van der Waals surface area contributed by atoms with Crippen molar-refractivity contribution in [2.24, 2.45) is 0 Å². The predicted molar refractivity (Wildman–Crippen MR) is 134 cm³/mol. The van der Waals surface area contributed by atoms with Crippen molar-refractivity contribution in [3.8, 4) is 5.82 Å². The Kier molecular flexibility index (Phi) is 6.02. The lowest BCUT2D eigenvalue weighted by Gasteiger charge is -2.28. The Bertz CT molecular complexity index is 1280. The number of imidazole rings is 1. The molecule has 0 saturated heterocycles. The van der Waals surface area contributed by atoms with E-state index in [4.69, 9.17) is 11.6 Å². The highest BCUT2D eigenvalue weighted by atomic mass is 35.5. The average Bonchev–Trinajstić information content (AvgIpc) is 3.54. The van der Waals surface area contributed by atoms with Gasteiger partial charge < -0.3 is 10.6 Å². The number of anilines is 3. The number of halogens is 1. The molecule has 1 saturated carbocycles. The zero-order chi connectivity index (χ0) is 23.5. The van der Waals surface area contributed by atoms with Crippen LogP contribution in [-0.2, 0) is 10.2 Å². The van der Waals surface area contributed by atoms with Crippen molar-refractivity contribution in [2.75, 3.05) is 10.6 Å². The number of aryl methyl sites for hydroxylation is 1. The normalized spacial score (nSPS) is 14.6. The van der Waals surface area contributed by atoms with Crippen molar-refractivity contribution >= 4 is 34.7 Å². The third-order valence-corrected chi connectivity index (χ3v) is 6.55. The van der Waals surface area contributed by atoms with Crippen molar-refractivity contribution < 1.29 is 4.79 Å². The SMILES string of the molecule is Cc1nc(Nc2ccc(NC(=O)C3(c4ccc(Cl)cc4)CCCC3)cc2)cc(-n2ccnc2)n1. The smallest absolute Gasteiger partial charge is 0.235 e. The Morgan fingerprint density at radius 3 is 2.38 bits per heavy atom. The van der Waals surface area contributed by atoms with Gasteiger partial charge >= 0.3 is 0 Å². The fourth-order valence-corrected chi connectivity index (χ4v) is 4.70. The minimum absolute atomic E-state index is 0.0319. The van der Waals surface area contributed by atoms with Crippen LogP contribution in [0.1, 0.15) is 37.1 Å². The lowest BCUT2D eigenvalue weighted by atomic mass is 9.78. The third kappa shape index (κ3) is 4.52. The van der Waals surface area contributed by atoms with E-state index in [1.807, 2.05) is 72.3 Å². The number of rotatable bonds is 6. The van der Waals surface area contributed by atoms with Crippen LogP contribution in [0.15, 0.2) is 73.3 Å². The molecule has 0 bridgehead atoms. The van der Waals surface area contributed by atoms with E-state index >= 15 is 0 Å². The number of nitrogens with zero attached hydrogens (tertiary/aromatic N) is 4. The summed E-state index contributed by atoms with van der Waals surface area (Å²) < 4.78 is 1.83. The molecule has 2 aromatic heterocycles. The van der Waals surface area contributed by atoms with E-state index in [1.165, 1.54) is 0 Å². The molecule has 0 atom stereocenters. The first-order valence-corrected chi connectivity index (χ1v) is 11.7. The van der Waals surface area contributed by atoms with Gasteiger partial charge in [0.15, 0.2) is 0 Å². The van der Waals surface area contributed by atoms with Gasteiger partial charge in [0.05, 0.1) is 5.41 Å². The summed E-state index contributed by atoms with van der Waals surface area (Å²) in [5, 5.41) is 7.12. The second-order valence-electron chi connectivity index (χ2n) is 8.58. The van der Waals surface area contributed by atoms with E-state index in [9.17, 15) is 4.79 Å². The van der Waals surface area contributed by atoms with E-state index in [0.29, 0.717) is 16.7 Å². The van der Waals surface area contributed by atoms with Gasteiger partial charge in [0, 0.05) is 34.9 Å². The summed E-state index contributed by atoms with van der Waals surface area (Å²) in [4.78, 5) is 26.4. The fourth-order valence-electron chi connectivity index (χ4n) is 4.57. The Morgan fingerprint density at radius 2 is 1.71 bits per heavy atom. The van der Waals surface area contributed by atoms with E-state index < -0.39 is 5.41 Å². The molecular weight excluding hydrogens is 448 g/mol. The van der Waals surface area contributed by atoms with Gasteiger partial charge in [-0.25, -0.2) is 15.0 Å². The molecule has 1 amide bonds. The summed E-state index contributed by atoms with van der Waals surface area (Å²) in [6, 6.07) is 17.2. The summed E-state index contributed by atoms with van der Waals surface area (Å²) in [7, 11) is 0. The first kappa shape index (κ1) is 22.1. The first-order valence-electron chi connectivity index (χ1n) is 11.3. The Morgan fingerprint density at radius 1 is 1.00 bits per heavy atom. The highest BCUT2D eigenvalue weighted by molar-refractivity contribution is 6.30. The highest BCUT2D eigenvalue weighted by Crippen LogP contribution is 2.42. The van der Waals surface area contributed by atoms with Gasteiger partial charge in [-0.2, -0.15) is 0 Å². The number of hydrogen-bond donors (Lipinski definition) is 2. The summed E-state index contributed by atoms with van der Waals surface area (Å²) in [5.74, 6) is 2.10.